The summed E-state index contributed by atoms with van der Waals surface area (Å²) < 4.78 is 0. The van der Waals surface area contributed by atoms with Crippen molar-refractivity contribution in [2.45, 2.75) is 51.5 Å². The largest absolute Gasteiger partial charge is 0.480 e. The molecule has 1 aromatic heterocycles. The Hall–Kier alpha value is -2.19. The van der Waals surface area contributed by atoms with Crippen molar-refractivity contribution >= 4 is 17.7 Å². The summed E-state index contributed by atoms with van der Waals surface area (Å²) in [5.41, 5.74) is 7.96. The summed E-state index contributed by atoms with van der Waals surface area (Å²) in [5.74, 6) is -0.0800. The van der Waals surface area contributed by atoms with E-state index in [4.69, 9.17) is 15.8 Å². The first kappa shape index (κ1) is 21.1. The zero-order valence-corrected chi connectivity index (χ0v) is 16.0. The number of carboxylic acids is 1. The van der Waals surface area contributed by atoms with Crippen LogP contribution in [0.1, 0.15) is 43.9 Å². The third-order valence-corrected chi connectivity index (χ3v) is 4.73. The van der Waals surface area contributed by atoms with Crippen LogP contribution in [0.25, 0.3) is 0 Å². The van der Waals surface area contributed by atoms with Crippen LogP contribution in [0.5, 0.6) is 0 Å². The fraction of sp³-hybridized carbons (Fsp3) is 0.632. The smallest absolute Gasteiger partial charge is 0.320 e. The van der Waals surface area contributed by atoms with Crippen molar-refractivity contribution in [3.05, 3.63) is 23.4 Å². The first-order valence-electron chi connectivity index (χ1n) is 9.63. The highest BCUT2D eigenvalue weighted by Gasteiger charge is 2.14. The number of nitrogens with one attached hydrogen (secondary N) is 2. The van der Waals surface area contributed by atoms with Gasteiger partial charge in [0.05, 0.1) is 6.67 Å². The molecule has 0 saturated heterocycles. The number of carboxylic acid groups (broad SMARTS) is 1. The third-order valence-electron chi connectivity index (χ3n) is 4.73. The van der Waals surface area contributed by atoms with Crippen molar-refractivity contribution in [3.63, 3.8) is 0 Å². The second-order valence-electron chi connectivity index (χ2n) is 7.04. The molecule has 1 amide bonds. The summed E-state index contributed by atoms with van der Waals surface area (Å²) in [6.45, 7) is 4.17. The lowest BCUT2D eigenvalue weighted by Gasteiger charge is -2.23. The summed E-state index contributed by atoms with van der Waals surface area (Å²) in [5, 5.41) is 15.0. The number of aromatic nitrogens is 1. The van der Waals surface area contributed by atoms with Gasteiger partial charge in [-0.3, -0.25) is 14.5 Å². The van der Waals surface area contributed by atoms with Crippen LogP contribution in [-0.4, -0.2) is 59.2 Å². The molecule has 0 aromatic carbocycles. The maximum absolute atomic E-state index is 11.2. The number of fused-ring (bicyclic) bond motifs is 1. The molecule has 0 bridgehead atoms. The number of hydrogen-bond donors (Lipinski definition) is 4. The van der Waals surface area contributed by atoms with Crippen LogP contribution in [0.3, 0.4) is 0 Å². The van der Waals surface area contributed by atoms with Gasteiger partial charge in [-0.15, -0.1) is 0 Å². The lowest BCUT2D eigenvalue weighted by molar-refractivity contribution is -0.138. The Morgan fingerprint density at radius 3 is 2.93 bits per heavy atom. The topological polar surface area (TPSA) is 121 Å². The molecule has 1 aliphatic rings. The van der Waals surface area contributed by atoms with Gasteiger partial charge in [0.2, 0.25) is 5.91 Å². The zero-order valence-electron chi connectivity index (χ0n) is 16.0. The van der Waals surface area contributed by atoms with Crippen molar-refractivity contribution in [2.24, 2.45) is 5.73 Å². The molecule has 27 heavy (non-hydrogen) atoms. The molecule has 1 aromatic rings. The van der Waals surface area contributed by atoms with Gasteiger partial charge in [0, 0.05) is 25.7 Å². The molecular formula is C19H31N5O3. The molecule has 2 heterocycles. The summed E-state index contributed by atoms with van der Waals surface area (Å²) >= 11 is 0. The van der Waals surface area contributed by atoms with Crippen molar-refractivity contribution in [2.75, 3.05) is 31.6 Å². The third kappa shape index (κ3) is 7.52. The van der Waals surface area contributed by atoms with Gasteiger partial charge in [0.1, 0.15) is 11.9 Å². The highest BCUT2D eigenvalue weighted by Crippen LogP contribution is 2.20. The molecule has 150 valence electrons. The molecule has 5 N–H and O–H groups in total. The summed E-state index contributed by atoms with van der Waals surface area (Å²) in [6, 6.07) is 3.39. The molecular weight excluding hydrogens is 346 g/mol. The molecule has 0 radical (unpaired) electrons. The lowest BCUT2D eigenvalue weighted by atomic mass is 10.1. The Morgan fingerprint density at radius 1 is 1.37 bits per heavy atom. The number of carbonyl (C=O) groups is 2. The normalized spacial score (nSPS) is 14.3. The van der Waals surface area contributed by atoms with E-state index in [1.165, 1.54) is 12.5 Å². The van der Waals surface area contributed by atoms with E-state index >= 15 is 0 Å². The van der Waals surface area contributed by atoms with E-state index < -0.39 is 12.0 Å². The predicted octanol–water partition coefficient (Wildman–Crippen LogP) is 0.960. The molecule has 8 heteroatoms. The van der Waals surface area contributed by atoms with Crippen LogP contribution in [0, 0.1) is 0 Å². The lowest BCUT2D eigenvalue weighted by Crippen LogP contribution is -2.41. The van der Waals surface area contributed by atoms with Gasteiger partial charge in [0.25, 0.3) is 0 Å². The van der Waals surface area contributed by atoms with Gasteiger partial charge in [-0.2, -0.15) is 0 Å². The average Bonchev–Trinajstić information content (AvgIpc) is 2.65. The van der Waals surface area contributed by atoms with Crippen LogP contribution in [0.4, 0.5) is 5.82 Å². The van der Waals surface area contributed by atoms with Gasteiger partial charge in [-0.05, 0) is 56.7 Å². The van der Waals surface area contributed by atoms with Crippen LogP contribution < -0.4 is 16.4 Å². The van der Waals surface area contributed by atoms with E-state index in [9.17, 15) is 9.59 Å². The Morgan fingerprint density at radius 2 is 2.19 bits per heavy atom. The van der Waals surface area contributed by atoms with Crippen molar-refractivity contribution in [1.29, 1.82) is 0 Å². The fourth-order valence-electron chi connectivity index (χ4n) is 3.09. The number of pyridine rings is 1. The van der Waals surface area contributed by atoms with Crippen molar-refractivity contribution in [1.82, 2.24) is 15.2 Å². The molecule has 1 unspecified atom stereocenters. The highest BCUT2D eigenvalue weighted by atomic mass is 16.4. The van der Waals surface area contributed by atoms with Crippen LogP contribution in [-0.2, 0) is 22.4 Å². The molecule has 2 rings (SSSR count). The molecule has 0 spiro atoms. The van der Waals surface area contributed by atoms with E-state index in [1.807, 2.05) is 4.90 Å². The number of aryl methyl sites for hydroxylation is 2. The van der Waals surface area contributed by atoms with Crippen LogP contribution in [0.2, 0.25) is 0 Å². The number of rotatable bonds is 11. The molecule has 0 fully saturated rings. The number of nitrogens with zero attached hydrogens (tertiary/aromatic N) is 2. The number of aliphatic carboxylic acids is 1. The van der Waals surface area contributed by atoms with Gasteiger partial charge in [-0.25, -0.2) is 4.98 Å². The maximum Gasteiger partial charge on any atom is 0.320 e. The number of anilines is 1. The second-order valence-corrected chi connectivity index (χ2v) is 7.04. The molecule has 0 aliphatic carbocycles. The molecule has 0 saturated carbocycles. The summed E-state index contributed by atoms with van der Waals surface area (Å²) in [4.78, 5) is 28.8. The zero-order chi connectivity index (χ0) is 19.6. The Bertz CT molecular complexity index is 638. The summed E-state index contributed by atoms with van der Waals surface area (Å²) in [6.07, 6.45) is 5.42. The molecule has 1 aliphatic heterocycles. The molecule has 1 atom stereocenters. The molecule has 8 nitrogen and oxygen atoms in total. The minimum Gasteiger partial charge on any atom is -0.480 e. The quantitative estimate of drug-likeness (QED) is 0.335. The van der Waals surface area contributed by atoms with E-state index in [1.54, 1.807) is 0 Å². The number of amides is 1. The predicted molar refractivity (Wildman–Crippen MR) is 104 cm³/mol. The standard InChI is InChI=1S/C19H31N5O3/c1-14(25)22-13-24(12-9-17(20)19(26)27)11-3-2-6-16-8-7-15-5-4-10-21-18(15)23-16/h7-8,17H,2-6,9-13,20H2,1H3,(H,21,23)(H,22,25)(H,26,27). The van der Waals surface area contributed by atoms with Gasteiger partial charge < -0.3 is 21.5 Å². The van der Waals surface area contributed by atoms with E-state index in [-0.39, 0.29) is 5.91 Å². The van der Waals surface area contributed by atoms with Gasteiger partial charge in [0.15, 0.2) is 0 Å². The number of carbonyl (C=O) groups excluding carboxylic acids is 1. The van der Waals surface area contributed by atoms with E-state index in [0.717, 1.165) is 56.7 Å². The van der Waals surface area contributed by atoms with E-state index in [0.29, 0.717) is 19.6 Å². The van der Waals surface area contributed by atoms with Gasteiger partial charge in [-0.1, -0.05) is 6.07 Å². The Balaban J connectivity index is 1.76. The second kappa shape index (κ2) is 10.8. The van der Waals surface area contributed by atoms with Crippen molar-refractivity contribution in [3.8, 4) is 0 Å². The first-order valence-corrected chi connectivity index (χ1v) is 9.63. The maximum atomic E-state index is 11.2. The number of hydrogen-bond acceptors (Lipinski definition) is 6. The van der Waals surface area contributed by atoms with Crippen molar-refractivity contribution < 1.29 is 14.7 Å². The first-order chi connectivity index (χ1) is 13.0. The average molecular weight is 377 g/mol. The number of nitrogens with two attached hydrogens (primary N) is 1. The van der Waals surface area contributed by atoms with Gasteiger partial charge >= 0.3 is 5.97 Å². The van der Waals surface area contributed by atoms with E-state index in [2.05, 4.69) is 22.8 Å². The minimum absolute atomic E-state index is 0.103. The Kier molecular flexibility index (Phi) is 8.47. The van der Waals surface area contributed by atoms with Crippen LogP contribution in [0.15, 0.2) is 12.1 Å². The minimum atomic E-state index is -0.999. The van der Waals surface area contributed by atoms with Crippen LogP contribution >= 0.6 is 0 Å². The SMILES string of the molecule is CC(=O)NCN(CCCCc1ccc2c(n1)NCCC2)CCC(N)C(=O)O. The number of unbranched alkanes of at least 4 members (excludes halogenated alkanes) is 1. The highest BCUT2D eigenvalue weighted by molar-refractivity contribution is 5.73. The fourth-order valence-corrected chi connectivity index (χ4v) is 3.09. The Labute approximate surface area is 160 Å². The summed E-state index contributed by atoms with van der Waals surface area (Å²) in [7, 11) is 0. The monoisotopic (exact) mass is 377 g/mol.